The molecule has 1 fully saturated rings. The summed E-state index contributed by atoms with van der Waals surface area (Å²) in [6, 6.07) is 5.46. The van der Waals surface area contributed by atoms with Gasteiger partial charge in [0.1, 0.15) is 0 Å². The van der Waals surface area contributed by atoms with Crippen molar-refractivity contribution >= 4 is 5.69 Å². The van der Waals surface area contributed by atoms with Crippen LogP contribution >= 0.6 is 0 Å². The molecule has 6 heteroatoms. The quantitative estimate of drug-likeness (QED) is 0.868. The molecule has 0 saturated carbocycles. The van der Waals surface area contributed by atoms with E-state index in [4.69, 9.17) is 5.26 Å². The summed E-state index contributed by atoms with van der Waals surface area (Å²) in [5, 5.41) is 15.2. The number of halogens is 3. The van der Waals surface area contributed by atoms with Crippen molar-refractivity contribution < 1.29 is 13.2 Å². The molecular formula is C13H14F3N3. The van der Waals surface area contributed by atoms with Crippen LogP contribution in [-0.2, 0) is 6.18 Å². The Morgan fingerprint density at radius 3 is 2.53 bits per heavy atom. The fourth-order valence-electron chi connectivity index (χ4n) is 2.18. The monoisotopic (exact) mass is 269 g/mol. The normalized spacial score (nSPS) is 16.9. The van der Waals surface area contributed by atoms with E-state index in [2.05, 4.69) is 10.6 Å². The van der Waals surface area contributed by atoms with Crippen molar-refractivity contribution in [2.75, 3.05) is 18.4 Å². The second-order valence-corrected chi connectivity index (χ2v) is 4.54. The number of hydrogen-bond donors (Lipinski definition) is 2. The Balaban J connectivity index is 2.17. The molecule has 0 unspecified atom stereocenters. The van der Waals surface area contributed by atoms with Gasteiger partial charge in [0.15, 0.2) is 0 Å². The predicted octanol–water partition coefficient (Wildman–Crippen LogP) is 2.74. The molecule has 2 rings (SSSR count). The van der Waals surface area contributed by atoms with Gasteiger partial charge in [0.25, 0.3) is 0 Å². The average Bonchev–Trinajstić information content (AvgIpc) is 2.38. The van der Waals surface area contributed by atoms with Crippen LogP contribution in [0.25, 0.3) is 0 Å². The molecule has 0 aliphatic carbocycles. The summed E-state index contributed by atoms with van der Waals surface area (Å²) < 4.78 is 37.9. The summed E-state index contributed by atoms with van der Waals surface area (Å²) in [7, 11) is 0. The molecular weight excluding hydrogens is 255 g/mol. The Labute approximate surface area is 109 Å². The van der Waals surface area contributed by atoms with Crippen LogP contribution in [0.1, 0.15) is 24.0 Å². The molecule has 1 aliphatic heterocycles. The number of benzene rings is 1. The molecule has 0 atom stereocenters. The Kier molecular flexibility index (Phi) is 3.96. The Bertz CT molecular complexity index is 485. The highest BCUT2D eigenvalue weighted by atomic mass is 19.4. The Morgan fingerprint density at radius 1 is 1.26 bits per heavy atom. The van der Waals surface area contributed by atoms with E-state index < -0.39 is 11.7 Å². The number of nitrogens with zero attached hydrogens (tertiary/aromatic N) is 1. The van der Waals surface area contributed by atoms with E-state index in [1.54, 1.807) is 6.07 Å². The molecule has 1 aliphatic rings. The van der Waals surface area contributed by atoms with Crippen molar-refractivity contribution in [1.82, 2.24) is 5.32 Å². The second-order valence-electron chi connectivity index (χ2n) is 4.54. The zero-order chi connectivity index (χ0) is 13.9. The largest absolute Gasteiger partial charge is 0.417 e. The van der Waals surface area contributed by atoms with Crippen molar-refractivity contribution in [3.05, 3.63) is 29.3 Å². The second kappa shape index (κ2) is 5.49. The van der Waals surface area contributed by atoms with E-state index in [0.29, 0.717) is 5.69 Å². The first kappa shape index (κ1) is 13.7. The van der Waals surface area contributed by atoms with Crippen LogP contribution in [0.5, 0.6) is 0 Å². The van der Waals surface area contributed by atoms with Crippen LogP contribution in [0.15, 0.2) is 18.2 Å². The summed E-state index contributed by atoms with van der Waals surface area (Å²) in [4.78, 5) is 0. The SMILES string of the molecule is N#Cc1cc(NC2CCNCC2)ccc1C(F)(F)F. The van der Waals surface area contributed by atoms with E-state index in [9.17, 15) is 13.2 Å². The number of alkyl halides is 3. The van der Waals surface area contributed by atoms with E-state index >= 15 is 0 Å². The number of anilines is 1. The number of hydrogen-bond acceptors (Lipinski definition) is 3. The average molecular weight is 269 g/mol. The van der Waals surface area contributed by atoms with Crippen LogP contribution in [0.4, 0.5) is 18.9 Å². The van der Waals surface area contributed by atoms with Crippen molar-refractivity contribution in [3.8, 4) is 6.07 Å². The lowest BCUT2D eigenvalue weighted by atomic mass is 10.0. The lowest BCUT2D eigenvalue weighted by Crippen LogP contribution is -2.35. The van der Waals surface area contributed by atoms with Crippen LogP contribution < -0.4 is 10.6 Å². The molecule has 0 radical (unpaired) electrons. The highest BCUT2D eigenvalue weighted by Gasteiger charge is 2.33. The summed E-state index contributed by atoms with van der Waals surface area (Å²) in [5.41, 5.74) is -0.659. The molecule has 0 amide bonds. The molecule has 2 N–H and O–H groups in total. The molecule has 0 aromatic heterocycles. The Hall–Kier alpha value is -1.74. The van der Waals surface area contributed by atoms with Crippen LogP contribution in [0.2, 0.25) is 0 Å². The number of nitrogens with one attached hydrogen (secondary N) is 2. The van der Waals surface area contributed by atoms with Crippen molar-refractivity contribution in [3.63, 3.8) is 0 Å². The molecule has 1 heterocycles. The molecule has 1 saturated heterocycles. The minimum atomic E-state index is -4.49. The first-order valence-electron chi connectivity index (χ1n) is 6.09. The molecule has 19 heavy (non-hydrogen) atoms. The third-order valence-electron chi connectivity index (χ3n) is 3.16. The van der Waals surface area contributed by atoms with Crippen LogP contribution in [0, 0.1) is 11.3 Å². The number of rotatable bonds is 2. The van der Waals surface area contributed by atoms with Crippen molar-refractivity contribution in [1.29, 1.82) is 5.26 Å². The van der Waals surface area contributed by atoms with E-state index in [0.717, 1.165) is 32.0 Å². The minimum Gasteiger partial charge on any atom is -0.382 e. The lowest BCUT2D eigenvalue weighted by Gasteiger charge is -2.25. The standard InChI is InChI=1S/C13H14F3N3/c14-13(15,16)12-2-1-11(7-9(12)8-17)19-10-3-5-18-6-4-10/h1-2,7,10,18-19H,3-6H2. The van der Waals surface area contributed by atoms with Crippen LogP contribution in [0.3, 0.4) is 0 Å². The third-order valence-corrected chi connectivity index (χ3v) is 3.16. The minimum absolute atomic E-state index is 0.240. The zero-order valence-corrected chi connectivity index (χ0v) is 10.2. The van der Waals surface area contributed by atoms with E-state index in [1.807, 2.05) is 0 Å². The fraction of sp³-hybridized carbons (Fsp3) is 0.462. The number of nitriles is 1. The maximum atomic E-state index is 12.6. The molecule has 102 valence electrons. The van der Waals surface area contributed by atoms with E-state index in [-0.39, 0.29) is 11.6 Å². The van der Waals surface area contributed by atoms with Gasteiger partial charge in [-0.25, -0.2) is 0 Å². The Morgan fingerprint density at radius 2 is 1.95 bits per heavy atom. The smallest absolute Gasteiger partial charge is 0.382 e. The molecule has 0 spiro atoms. The highest BCUT2D eigenvalue weighted by Crippen LogP contribution is 2.33. The van der Waals surface area contributed by atoms with Crippen LogP contribution in [-0.4, -0.2) is 19.1 Å². The summed E-state index contributed by atoms with van der Waals surface area (Å²) >= 11 is 0. The van der Waals surface area contributed by atoms with E-state index in [1.165, 1.54) is 12.1 Å². The van der Waals surface area contributed by atoms with Gasteiger partial charge in [-0.15, -0.1) is 0 Å². The first-order chi connectivity index (χ1) is 9.00. The molecule has 3 nitrogen and oxygen atoms in total. The van der Waals surface area contributed by atoms with Gasteiger partial charge in [-0.05, 0) is 44.1 Å². The van der Waals surface area contributed by atoms with Gasteiger partial charge < -0.3 is 10.6 Å². The summed E-state index contributed by atoms with van der Waals surface area (Å²) in [6.07, 6.45) is -2.65. The molecule has 1 aromatic carbocycles. The van der Waals surface area contributed by atoms with Crippen molar-refractivity contribution in [2.45, 2.75) is 25.1 Å². The fourth-order valence-corrected chi connectivity index (χ4v) is 2.18. The van der Waals surface area contributed by atoms with Gasteiger partial charge in [-0.1, -0.05) is 0 Å². The number of piperidine rings is 1. The highest BCUT2D eigenvalue weighted by molar-refractivity contribution is 5.54. The molecule has 1 aromatic rings. The van der Waals surface area contributed by atoms with Gasteiger partial charge in [0.2, 0.25) is 0 Å². The first-order valence-corrected chi connectivity index (χ1v) is 6.09. The predicted molar refractivity (Wildman–Crippen MR) is 65.7 cm³/mol. The molecule has 0 bridgehead atoms. The summed E-state index contributed by atoms with van der Waals surface area (Å²) in [5.74, 6) is 0. The van der Waals surface area contributed by atoms with Gasteiger partial charge in [-0.3, -0.25) is 0 Å². The van der Waals surface area contributed by atoms with Gasteiger partial charge >= 0.3 is 6.18 Å². The zero-order valence-electron chi connectivity index (χ0n) is 10.2. The van der Waals surface area contributed by atoms with Gasteiger partial charge in [0.05, 0.1) is 17.2 Å². The van der Waals surface area contributed by atoms with Gasteiger partial charge in [-0.2, -0.15) is 18.4 Å². The third kappa shape index (κ3) is 3.38. The lowest BCUT2D eigenvalue weighted by molar-refractivity contribution is -0.137. The van der Waals surface area contributed by atoms with Gasteiger partial charge in [0, 0.05) is 11.7 Å². The summed E-state index contributed by atoms with van der Waals surface area (Å²) in [6.45, 7) is 1.78. The maximum Gasteiger partial charge on any atom is 0.417 e. The maximum absolute atomic E-state index is 12.6. The topological polar surface area (TPSA) is 47.9 Å². The van der Waals surface area contributed by atoms with Crippen molar-refractivity contribution in [2.24, 2.45) is 0 Å².